The fraction of sp³-hybridized carbons (Fsp3) is 0.324. The maximum Gasteiger partial charge on any atom is 0.251 e. The Morgan fingerprint density at radius 3 is 2.51 bits per heavy atom. The Hall–Kier alpha value is -4.16. The van der Waals surface area contributed by atoms with Crippen LogP contribution < -0.4 is 21.5 Å². The van der Waals surface area contributed by atoms with Crippen LogP contribution in [0.3, 0.4) is 0 Å². The van der Waals surface area contributed by atoms with E-state index in [0.29, 0.717) is 54.0 Å². The fourth-order valence-corrected chi connectivity index (χ4v) is 7.12. The van der Waals surface area contributed by atoms with Crippen molar-refractivity contribution < 1.29 is 22.7 Å². The van der Waals surface area contributed by atoms with E-state index in [1.54, 1.807) is 25.3 Å². The number of rotatable bonds is 12. The number of halogens is 4. The summed E-state index contributed by atoms with van der Waals surface area (Å²) in [6.07, 6.45) is 3.60. The summed E-state index contributed by atoms with van der Waals surface area (Å²) in [6, 6.07) is 13.8. The molecule has 0 bridgehead atoms. The molecule has 3 aromatic carbocycles. The van der Waals surface area contributed by atoms with Crippen LogP contribution in [-0.4, -0.2) is 41.6 Å². The number of unbranched alkanes of at least 4 members (excludes halogenated alkanes) is 1. The van der Waals surface area contributed by atoms with Crippen LogP contribution in [0.2, 0.25) is 5.02 Å². The summed E-state index contributed by atoms with van der Waals surface area (Å²) in [6.45, 7) is 2.85. The van der Waals surface area contributed by atoms with Crippen molar-refractivity contribution in [3.63, 3.8) is 0 Å². The predicted octanol–water partition coefficient (Wildman–Crippen LogP) is 6.67. The first kappa shape index (κ1) is 34.2. The van der Waals surface area contributed by atoms with Crippen LogP contribution in [-0.2, 0) is 17.6 Å². The van der Waals surface area contributed by atoms with Gasteiger partial charge in [0.05, 0.1) is 23.5 Å². The van der Waals surface area contributed by atoms with Gasteiger partial charge in [0.2, 0.25) is 0 Å². The number of hydrogen-bond donors (Lipinski definition) is 3. The number of carbonyl (C=O) groups excluding carboxylic acids is 1. The van der Waals surface area contributed by atoms with Gasteiger partial charge in [-0.05, 0) is 93.1 Å². The van der Waals surface area contributed by atoms with Gasteiger partial charge < -0.3 is 21.5 Å². The Morgan fingerprint density at radius 1 is 1.11 bits per heavy atom. The van der Waals surface area contributed by atoms with Crippen LogP contribution in [0.15, 0.2) is 64.7 Å². The smallest absolute Gasteiger partial charge is 0.251 e. The minimum Gasteiger partial charge on any atom is -0.495 e. The third kappa shape index (κ3) is 7.54. The number of hydrogen-bond acceptors (Lipinski definition) is 5. The number of benzene rings is 3. The highest BCUT2D eigenvalue weighted by Crippen LogP contribution is 2.47. The van der Waals surface area contributed by atoms with Crippen molar-refractivity contribution >= 4 is 35.2 Å². The average Bonchev–Trinajstić information content (AvgIpc) is 3.42. The van der Waals surface area contributed by atoms with Crippen molar-refractivity contribution in [3.05, 3.63) is 105 Å². The molecular formula is C34H36ClF3N6O2S. The van der Waals surface area contributed by atoms with Gasteiger partial charge in [-0.15, -0.1) is 0 Å². The highest BCUT2D eigenvalue weighted by Gasteiger charge is 2.40. The monoisotopic (exact) mass is 684 g/mol. The number of thioether (sulfide) groups is 1. The van der Waals surface area contributed by atoms with Crippen molar-refractivity contribution in [3.8, 4) is 11.4 Å². The fourth-order valence-electron chi connectivity index (χ4n) is 5.88. The van der Waals surface area contributed by atoms with E-state index in [1.807, 2.05) is 16.7 Å². The van der Waals surface area contributed by atoms with Crippen LogP contribution in [0.4, 0.5) is 13.2 Å². The molecule has 0 saturated heterocycles. The average molecular weight is 685 g/mol. The van der Waals surface area contributed by atoms with Gasteiger partial charge in [-0.3, -0.25) is 14.4 Å². The topological polar surface area (TPSA) is 121 Å². The van der Waals surface area contributed by atoms with Crippen LogP contribution in [0.1, 0.15) is 65.5 Å². The van der Waals surface area contributed by atoms with E-state index in [1.165, 1.54) is 23.9 Å². The highest BCUT2D eigenvalue weighted by atomic mass is 35.5. The molecule has 1 amide bonds. The molecule has 1 aromatic heterocycles. The van der Waals surface area contributed by atoms with E-state index < -0.39 is 23.0 Å². The van der Waals surface area contributed by atoms with Gasteiger partial charge in [0.15, 0.2) is 11.1 Å². The summed E-state index contributed by atoms with van der Waals surface area (Å²) in [5.74, 6) is -2.19. The number of aliphatic imine (C=N–C) groups is 1. The predicted molar refractivity (Wildman–Crippen MR) is 179 cm³/mol. The summed E-state index contributed by atoms with van der Waals surface area (Å²) in [7, 11) is 1.56. The third-order valence-corrected chi connectivity index (χ3v) is 9.60. The standard InChI is InChI=1S/C34H36ClF3N6O2S/c1-34(21-7-12-25(35)29(18-21)46-2)13-5-6-28-30(34)44(23-10-8-22(36)9-11-23)33(43-28)47-19-24-26(37)16-20(17-27(24)38)31(45)41-14-3-4-15-42-32(39)40/h7-12,16-18H,3-6,13-15,19H2,1-2H3,(H,41,45)(H4,39,40,42). The molecule has 0 saturated carbocycles. The zero-order chi connectivity index (χ0) is 33.7. The van der Waals surface area contributed by atoms with Gasteiger partial charge in [0, 0.05) is 41.1 Å². The summed E-state index contributed by atoms with van der Waals surface area (Å²) in [5, 5.41) is 3.67. The van der Waals surface area contributed by atoms with Crippen molar-refractivity contribution in [1.29, 1.82) is 0 Å². The molecule has 248 valence electrons. The molecule has 1 unspecified atom stereocenters. The second kappa shape index (κ2) is 14.7. The molecule has 0 spiro atoms. The Kier molecular flexibility index (Phi) is 10.7. The molecule has 1 heterocycles. The first-order valence-electron chi connectivity index (χ1n) is 15.2. The van der Waals surface area contributed by atoms with Gasteiger partial charge in [-0.2, -0.15) is 0 Å². The number of methoxy groups -OCH3 is 1. The first-order valence-corrected chi connectivity index (χ1v) is 16.5. The zero-order valence-corrected chi connectivity index (χ0v) is 27.7. The Balaban J connectivity index is 1.43. The number of nitrogens with two attached hydrogens (primary N) is 2. The van der Waals surface area contributed by atoms with Crippen LogP contribution >= 0.6 is 23.4 Å². The molecule has 1 aliphatic rings. The lowest BCUT2D eigenvalue weighted by molar-refractivity contribution is 0.0952. The lowest BCUT2D eigenvalue weighted by Gasteiger charge is -2.36. The second-order valence-corrected chi connectivity index (χ2v) is 12.9. The van der Waals surface area contributed by atoms with Gasteiger partial charge >= 0.3 is 0 Å². The number of aromatic nitrogens is 2. The maximum absolute atomic E-state index is 15.3. The Labute approximate surface area is 280 Å². The quantitative estimate of drug-likeness (QED) is 0.0664. The number of guanidine groups is 1. The molecule has 0 aliphatic heterocycles. The number of carbonyl (C=O) groups is 1. The molecule has 4 aromatic rings. The number of nitrogens with zero attached hydrogens (tertiary/aromatic N) is 3. The summed E-state index contributed by atoms with van der Waals surface area (Å²) in [5.41, 5.74) is 13.2. The highest BCUT2D eigenvalue weighted by molar-refractivity contribution is 7.98. The minimum atomic E-state index is -0.835. The molecule has 13 heteroatoms. The van der Waals surface area contributed by atoms with Crippen LogP contribution in [0.25, 0.3) is 5.69 Å². The van der Waals surface area contributed by atoms with Crippen molar-refractivity contribution in [2.24, 2.45) is 16.5 Å². The normalized spacial score (nSPS) is 15.6. The SMILES string of the molecule is COc1cc(C2(C)CCCc3nc(SCc4c(F)cc(C(=O)NCCCCN=C(N)N)cc4F)n(-c4ccc(F)cc4)c32)ccc1Cl. The zero-order valence-electron chi connectivity index (χ0n) is 26.1. The first-order chi connectivity index (χ1) is 22.5. The molecular weight excluding hydrogens is 649 g/mol. The molecule has 5 rings (SSSR count). The number of nitrogens with one attached hydrogen (secondary N) is 1. The summed E-state index contributed by atoms with van der Waals surface area (Å²) in [4.78, 5) is 21.4. The van der Waals surface area contributed by atoms with Crippen molar-refractivity contribution in [2.45, 2.75) is 55.4 Å². The van der Waals surface area contributed by atoms with Gasteiger partial charge in [-0.1, -0.05) is 29.4 Å². The number of aryl methyl sites for hydroxylation is 1. The Bertz CT molecular complexity index is 1770. The van der Waals surface area contributed by atoms with E-state index in [0.717, 1.165) is 41.9 Å². The second-order valence-electron chi connectivity index (χ2n) is 11.5. The van der Waals surface area contributed by atoms with Gasteiger partial charge in [0.25, 0.3) is 5.91 Å². The van der Waals surface area contributed by atoms with Crippen molar-refractivity contribution in [2.75, 3.05) is 20.2 Å². The lowest BCUT2D eigenvalue weighted by Crippen LogP contribution is -2.31. The lowest BCUT2D eigenvalue weighted by atomic mass is 9.71. The minimum absolute atomic E-state index is 0.00488. The number of amides is 1. The number of ether oxygens (including phenoxy) is 1. The molecule has 1 aliphatic carbocycles. The number of fused-ring (bicyclic) bond motifs is 1. The molecule has 0 fully saturated rings. The largest absolute Gasteiger partial charge is 0.495 e. The van der Waals surface area contributed by atoms with Crippen LogP contribution in [0, 0.1) is 17.5 Å². The van der Waals surface area contributed by atoms with Crippen LogP contribution in [0.5, 0.6) is 5.75 Å². The molecule has 1 atom stereocenters. The molecule has 47 heavy (non-hydrogen) atoms. The summed E-state index contributed by atoms with van der Waals surface area (Å²) >= 11 is 7.52. The van der Waals surface area contributed by atoms with Crippen molar-refractivity contribution in [1.82, 2.24) is 14.9 Å². The molecule has 0 radical (unpaired) electrons. The van der Waals surface area contributed by atoms with E-state index in [-0.39, 0.29) is 28.7 Å². The van der Waals surface area contributed by atoms with E-state index in [9.17, 15) is 9.18 Å². The van der Waals surface area contributed by atoms with E-state index >= 15 is 8.78 Å². The maximum atomic E-state index is 15.3. The summed E-state index contributed by atoms with van der Waals surface area (Å²) < 4.78 is 52.1. The van der Waals surface area contributed by atoms with Gasteiger partial charge in [-0.25, -0.2) is 18.2 Å². The van der Waals surface area contributed by atoms with Gasteiger partial charge in [0.1, 0.15) is 23.2 Å². The number of imidazole rings is 1. The van der Waals surface area contributed by atoms with E-state index in [2.05, 4.69) is 17.2 Å². The molecule has 8 nitrogen and oxygen atoms in total. The Morgan fingerprint density at radius 2 is 1.83 bits per heavy atom. The van der Waals surface area contributed by atoms with E-state index in [4.69, 9.17) is 32.8 Å². The third-order valence-electron chi connectivity index (χ3n) is 8.32. The molecule has 5 N–H and O–H groups in total.